The van der Waals surface area contributed by atoms with Crippen LogP contribution >= 0.6 is 11.6 Å². The molecule has 2 saturated heterocycles. The third-order valence-corrected chi connectivity index (χ3v) is 7.62. The van der Waals surface area contributed by atoms with Gasteiger partial charge in [-0.2, -0.15) is 0 Å². The first-order valence-corrected chi connectivity index (χ1v) is 13.6. The molecule has 1 N–H and O–H groups in total. The monoisotopic (exact) mass is 541 g/mol. The molecule has 10 heteroatoms. The van der Waals surface area contributed by atoms with Crippen molar-refractivity contribution in [1.82, 2.24) is 19.8 Å². The van der Waals surface area contributed by atoms with Crippen molar-refractivity contribution in [1.29, 1.82) is 0 Å². The van der Waals surface area contributed by atoms with E-state index in [0.717, 1.165) is 70.2 Å². The summed E-state index contributed by atoms with van der Waals surface area (Å²) in [6.45, 7) is 5.20. The number of likely N-dealkylation sites (tertiary alicyclic amines) is 2. The Morgan fingerprint density at radius 2 is 1.89 bits per heavy atom. The van der Waals surface area contributed by atoms with E-state index in [4.69, 9.17) is 21.1 Å². The number of hydrogen-bond donors (Lipinski definition) is 1. The van der Waals surface area contributed by atoms with E-state index in [9.17, 15) is 9.18 Å². The normalized spacial score (nSPS) is 16.7. The Labute approximate surface area is 227 Å². The molecule has 0 unspecified atom stereocenters. The molecule has 202 valence electrons. The molecule has 0 spiro atoms. The van der Waals surface area contributed by atoms with Crippen molar-refractivity contribution >= 4 is 39.9 Å². The van der Waals surface area contributed by atoms with E-state index in [-0.39, 0.29) is 10.9 Å². The lowest BCUT2D eigenvalue weighted by atomic mass is 9.95. The van der Waals surface area contributed by atoms with Gasteiger partial charge in [0.15, 0.2) is 11.5 Å². The van der Waals surface area contributed by atoms with E-state index in [1.165, 1.54) is 18.5 Å². The number of carbonyl (C=O) groups excluding carboxylic acids is 1. The predicted octanol–water partition coefficient (Wildman–Crippen LogP) is 5.28. The van der Waals surface area contributed by atoms with Crippen molar-refractivity contribution in [2.45, 2.75) is 32.1 Å². The highest BCUT2D eigenvalue weighted by molar-refractivity contribution is 6.31. The van der Waals surface area contributed by atoms with Gasteiger partial charge in [0.2, 0.25) is 5.91 Å². The number of anilines is 2. The summed E-state index contributed by atoms with van der Waals surface area (Å²) in [5.41, 5.74) is 1.30. The second kappa shape index (κ2) is 12.1. The van der Waals surface area contributed by atoms with E-state index in [1.807, 2.05) is 17.0 Å². The Kier molecular flexibility index (Phi) is 8.44. The molecular formula is C28H33ClFN5O3. The number of nitrogens with zero attached hydrogens (tertiary/aromatic N) is 4. The molecule has 0 saturated carbocycles. The third kappa shape index (κ3) is 6.10. The van der Waals surface area contributed by atoms with Crippen LogP contribution in [-0.2, 0) is 4.79 Å². The van der Waals surface area contributed by atoms with Gasteiger partial charge in [0.1, 0.15) is 18.0 Å². The van der Waals surface area contributed by atoms with Crippen LogP contribution < -0.4 is 14.8 Å². The van der Waals surface area contributed by atoms with Gasteiger partial charge in [-0.15, -0.1) is 0 Å². The fraction of sp³-hybridized carbons (Fsp3) is 0.464. The molecule has 2 aromatic carbocycles. The number of amides is 1. The van der Waals surface area contributed by atoms with Crippen LogP contribution in [0.1, 0.15) is 32.1 Å². The van der Waals surface area contributed by atoms with Gasteiger partial charge < -0.3 is 24.6 Å². The second-order valence-corrected chi connectivity index (χ2v) is 10.3. The van der Waals surface area contributed by atoms with Gasteiger partial charge in [-0.3, -0.25) is 4.79 Å². The fourth-order valence-electron chi connectivity index (χ4n) is 5.22. The van der Waals surface area contributed by atoms with Crippen LogP contribution in [0.15, 0.2) is 36.7 Å². The van der Waals surface area contributed by atoms with Crippen LogP contribution in [0.5, 0.6) is 11.5 Å². The first-order valence-electron chi connectivity index (χ1n) is 13.2. The zero-order chi connectivity index (χ0) is 26.5. The molecule has 8 nitrogen and oxygen atoms in total. The highest BCUT2D eigenvalue weighted by Gasteiger charge is 2.29. The standard InChI is InChI=1S/C28H33ClFN5O3/c1-37-25-17-24-21(27(32-18-31-24)33-20-5-6-23(30)22(29)15-20)16-26(25)38-14-4-9-34-12-7-19(8-13-34)28(36)35-10-2-3-11-35/h5-6,15-19H,2-4,7-14H2,1H3,(H,31,32,33). The zero-order valence-electron chi connectivity index (χ0n) is 21.6. The smallest absolute Gasteiger partial charge is 0.225 e. The topological polar surface area (TPSA) is 79.8 Å². The van der Waals surface area contributed by atoms with Gasteiger partial charge >= 0.3 is 0 Å². The van der Waals surface area contributed by atoms with Crippen molar-refractivity contribution < 1.29 is 18.7 Å². The third-order valence-electron chi connectivity index (χ3n) is 7.33. The Morgan fingerprint density at radius 1 is 1.11 bits per heavy atom. The SMILES string of the molecule is COc1cc2ncnc(Nc3ccc(F)c(Cl)c3)c2cc1OCCCN1CCC(C(=O)N2CCCC2)CC1. The Balaban J connectivity index is 1.17. The van der Waals surface area contributed by atoms with Crippen LogP contribution in [-0.4, -0.2) is 72.1 Å². The average Bonchev–Trinajstić information content (AvgIpc) is 3.48. The molecule has 3 aromatic rings. The minimum Gasteiger partial charge on any atom is -0.493 e. The maximum atomic E-state index is 13.6. The summed E-state index contributed by atoms with van der Waals surface area (Å²) < 4.78 is 25.2. The minimum absolute atomic E-state index is 0.0291. The van der Waals surface area contributed by atoms with E-state index in [2.05, 4.69) is 20.2 Å². The lowest BCUT2D eigenvalue weighted by molar-refractivity contribution is -0.136. The molecule has 0 aliphatic carbocycles. The van der Waals surface area contributed by atoms with Crippen molar-refractivity contribution in [2.24, 2.45) is 5.92 Å². The summed E-state index contributed by atoms with van der Waals surface area (Å²) in [6, 6.07) is 8.09. The average molecular weight is 542 g/mol. The summed E-state index contributed by atoms with van der Waals surface area (Å²) in [7, 11) is 1.60. The number of aromatic nitrogens is 2. The molecule has 1 amide bonds. The van der Waals surface area contributed by atoms with Crippen LogP contribution in [0.4, 0.5) is 15.9 Å². The van der Waals surface area contributed by atoms with Gasteiger partial charge in [-0.25, -0.2) is 14.4 Å². The zero-order valence-corrected chi connectivity index (χ0v) is 22.3. The summed E-state index contributed by atoms with van der Waals surface area (Å²) in [4.78, 5) is 25.9. The van der Waals surface area contributed by atoms with E-state index in [1.54, 1.807) is 13.2 Å². The molecule has 0 bridgehead atoms. The van der Waals surface area contributed by atoms with E-state index >= 15 is 0 Å². The molecule has 3 heterocycles. The maximum Gasteiger partial charge on any atom is 0.225 e. The Bertz CT molecular complexity index is 1280. The first kappa shape index (κ1) is 26.4. The van der Waals surface area contributed by atoms with Gasteiger partial charge in [0.05, 0.1) is 24.3 Å². The molecule has 38 heavy (non-hydrogen) atoms. The van der Waals surface area contributed by atoms with E-state index < -0.39 is 5.82 Å². The molecule has 1 aromatic heterocycles. The number of benzene rings is 2. The number of halogens is 2. The van der Waals surface area contributed by atoms with Crippen LogP contribution in [0, 0.1) is 11.7 Å². The Morgan fingerprint density at radius 3 is 2.63 bits per heavy atom. The summed E-state index contributed by atoms with van der Waals surface area (Å²) >= 11 is 5.93. The summed E-state index contributed by atoms with van der Waals surface area (Å²) in [5.74, 6) is 1.80. The maximum absolute atomic E-state index is 13.6. The highest BCUT2D eigenvalue weighted by atomic mass is 35.5. The highest BCUT2D eigenvalue weighted by Crippen LogP contribution is 2.35. The largest absolute Gasteiger partial charge is 0.493 e. The number of rotatable bonds is 9. The van der Waals surface area contributed by atoms with Gasteiger partial charge in [0.25, 0.3) is 0 Å². The predicted molar refractivity (Wildman–Crippen MR) is 146 cm³/mol. The second-order valence-electron chi connectivity index (χ2n) is 9.85. The van der Waals surface area contributed by atoms with Crippen LogP contribution in [0.3, 0.4) is 0 Å². The van der Waals surface area contributed by atoms with Crippen molar-refractivity contribution in [2.75, 3.05) is 51.8 Å². The quantitative estimate of drug-likeness (QED) is 0.369. The number of hydrogen-bond acceptors (Lipinski definition) is 7. The number of nitrogens with one attached hydrogen (secondary N) is 1. The lowest BCUT2D eigenvalue weighted by Crippen LogP contribution is -2.42. The van der Waals surface area contributed by atoms with Gasteiger partial charge in [0, 0.05) is 42.7 Å². The number of carbonyl (C=O) groups is 1. The minimum atomic E-state index is -0.481. The van der Waals surface area contributed by atoms with Crippen molar-refractivity contribution in [3.63, 3.8) is 0 Å². The molecule has 2 aliphatic rings. The van der Waals surface area contributed by atoms with E-state index in [0.29, 0.717) is 41.0 Å². The van der Waals surface area contributed by atoms with Gasteiger partial charge in [-0.1, -0.05) is 11.6 Å². The number of fused-ring (bicyclic) bond motifs is 1. The number of piperidine rings is 1. The lowest BCUT2D eigenvalue weighted by Gasteiger charge is -2.33. The van der Waals surface area contributed by atoms with Crippen LogP contribution in [0.25, 0.3) is 10.9 Å². The molecule has 0 atom stereocenters. The molecule has 5 rings (SSSR count). The molecule has 0 radical (unpaired) electrons. The molecule has 2 aliphatic heterocycles. The fourth-order valence-corrected chi connectivity index (χ4v) is 5.40. The first-order chi connectivity index (χ1) is 18.5. The molecular weight excluding hydrogens is 509 g/mol. The Hall–Kier alpha value is -3.17. The van der Waals surface area contributed by atoms with Gasteiger partial charge in [-0.05, 0) is 69.5 Å². The number of methoxy groups -OCH3 is 1. The van der Waals surface area contributed by atoms with Crippen molar-refractivity contribution in [3.05, 3.63) is 47.5 Å². The van der Waals surface area contributed by atoms with Crippen molar-refractivity contribution in [3.8, 4) is 11.5 Å². The summed E-state index contributed by atoms with van der Waals surface area (Å²) in [6.07, 6.45) is 6.46. The number of ether oxygens (including phenoxy) is 2. The summed E-state index contributed by atoms with van der Waals surface area (Å²) in [5, 5.41) is 3.96. The van der Waals surface area contributed by atoms with Crippen LogP contribution in [0.2, 0.25) is 5.02 Å². The molecule has 2 fully saturated rings.